The molecule has 0 bridgehead atoms. The van der Waals surface area contributed by atoms with Gasteiger partial charge in [0.25, 0.3) is 0 Å². The van der Waals surface area contributed by atoms with Gasteiger partial charge in [-0.1, -0.05) is 167 Å². The average molecular weight is 1050 g/mol. The van der Waals surface area contributed by atoms with Gasteiger partial charge in [0.1, 0.15) is 0 Å². The fourth-order valence-corrected chi connectivity index (χ4v) is 4.79. The van der Waals surface area contributed by atoms with E-state index in [4.69, 9.17) is 137 Å². The van der Waals surface area contributed by atoms with Gasteiger partial charge >= 0.3 is 34.1 Å². The van der Waals surface area contributed by atoms with E-state index in [-0.39, 0.29) is 34.1 Å². The predicted octanol–water partition coefficient (Wildman–Crippen LogP) is 14.9. The Labute approximate surface area is 403 Å². The zero-order valence-corrected chi connectivity index (χ0v) is 39.6. The largest absolute Gasteiger partial charge is 1.00 e. The number of rotatable bonds is 4. The van der Waals surface area contributed by atoms with Crippen LogP contribution in [0.15, 0.2) is 109 Å². The molecule has 0 saturated heterocycles. The van der Waals surface area contributed by atoms with E-state index in [1.54, 1.807) is 100 Å². The van der Waals surface area contributed by atoms with Crippen molar-refractivity contribution >= 4 is 138 Å². The topological polar surface area (TPSA) is 196 Å². The van der Waals surface area contributed by atoms with Gasteiger partial charge < -0.3 is 44.6 Å². The van der Waals surface area contributed by atoms with E-state index >= 15 is 0 Å². The number of anilines is 4. The molecule has 322 valence electrons. The molecule has 10 N–H and O–H groups in total. The second-order valence-corrected chi connectivity index (χ2v) is 14.3. The molecule has 0 amide bonds. The van der Waals surface area contributed by atoms with Crippen molar-refractivity contribution in [3.8, 4) is 0 Å². The first-order valence-electron chi connectivity index (χ1n) is 16.0. The second-order valence-electron chi connectivity index (χ2n) is 11.1. The first kappa shape index (κ1) is 62.0. The molecular weight excluding hydrogens is 1000 g/mol. The molecule has 0 spiro atoms. The number of benzene rings is 5. The summed E-state index contributed by atoms with van der Waals surface area (Å²) < 4.78 is 0. The van der Waals surface area contributed by atoms with E-state index in [0.29, 0.717) is 98.6 Å². The van der Waals surface area contributed by atoms with Gasteiger partial charge in [0.2, 0.25) is 0 Å². The van der Waals surface area contributed by atoms with Crippen LogP contribution < -0.4 is 22.9 Å². The Hall–Kier alpha value is -2.66. The number of hydrogen-bond acceptors (Lipinski definition) is 6. The van der Waals surface area contributed by atoms with E-state index in [2.05, 4.69) is 0 Å². The molecule has 0 unspecified atom stereocenters. The number of hydrogen-bond donors (Lipinski definition) is 6. The Morgan fingerprint density at radius 3 is 0.586 bits per heavy atom. The van der Waals surface area contributed by atoms with Crippen molar-refractivity contribution < 1.29 is 34.1 Å². The van der Waals surface area contributed by atoms with Gasteiger partial charge in [0.05, 0.1) is 62.9 Å². The summed E-state index contributed by atoms with van der Waals surface area (Å²) in [6, 6.07) is 32.6. The standard InChI is InChI=1S/4C6H5Cl2N.C6H6.2C5H9N2.2Cu/c4*7-4-2-1-3-5(8)6(4)9;1-2-4-6-5-3-1;2*1-4(6)3-5(2)7;;/h4*1-3H,9H2;1-6H;2*6H,3H2,1-2H3;;/q;;;;;2*-1;2*+1. The van der Waals surface area contributed by atoms with Gasteiger partial charge in [-0.3, -0.25) is 0 Å². The van der Waals surface area contributed by atoms with Gasteiger partial charge in [-0.15, -0.1) is 0 Å². The molecule has 18 heteroatoms. The number of nitrogens with one attached hydrogen (secondary N) is 2. The molecule has 0 fully saturated rings. The fraction of sp³-hybridized carbons (Fsp3) is 0.150. The van der Waals surface area contributed by atoms with Crippen LogP contribution in [-0.2, 0) is 34.1 Å². The minimum atomic E-state index is 0. The van der Waals surface area contributed by atoms with Crippen molar-refractivity contribution in [3.05, 3.63) is 160 Å². The molecular formula is C40H44Cl8Cu2N8. The van der Waals surface area contributed by atoms with Crippen molar-refractivity contribution in [2.24, 2.45) is 0 Å². The predicted molar refractivity (Wildman–Crippen MR) is 254 cm³/mol. The molecule has 0 aliphatic carbocycles. The van der Waals surface area contributed by atoms with Crippen LogP contribution >= 0.6 is 92.8 Å². The molecule has 0 aromatic heterocycles. The smallest absolute Gasteiger partial charge is 0.811 e. The Balaban J connectivity index is -0.000000293. The zero-order chi connectivity index (χ0) is 43.4. The Morgan fingerprint density at radius 2 is 0.517 bits per heavy atom. The normalized spacial score (nSPS) is 8.76. The van der Waals surface area contributed by atoms with Crippen LogP contribution in [0.3, 0.4) is 0 Å². The zero-order valence-electron chi connectivity index (χ0n) is 31.6. The maximum Gasteiger partial charge on any atom is 1.00 e. The van der Waals surface area contributed by atoms with Crippen molar-refractivity contribution in [2.45, 2.75) is 40.5 Å². The molecule has 58 heavy (non-hydrogen) atoms. The maximum atomic E-state index is 8.50. The van der Waals surface area contributed by atoms with Gasteiger partial charge in [-0.25, -0.2) is 11.4 Å². The summed E-state index contributed by atoms with van der Waals surface area (Å²) in [5.74, 6) is 0. The summed E-state index contributed by atoms with van der Waals surface area (Å²) in [6.07, 6.45) is 0.833. The second kappa shape index (κ2) is 36.2. The third-order valence-corrected chi connectivity index (χ3v) is 8.34. The molecule has 5 rings (SSSR count). The fourth-order valence-electron chi connectivity index (χ4n) is 3.20. The minimum absolute atomic E-state index is 0. The first-order valence-corrected chi connectivity index (χ1v) is 19.0. The number of halogens is 8. The summed E-state index contributed by atoms with van der Waals surface area (Å²) in [7, 11) is 0. The summed E-state index contributed by atoms with van der Waals surface area (Å²) >= 11 is 44.8. The molecule has 5 aromatic rings. The average Bonchev–Trinajstić information content (AvgIpc) is 3.12. The van der Waals surface area contributed by atoms with E-state index in [0.717, 1.165) is 0 Å². The van der Waals surface area contributed by atoms with Crippen molar-refractivity contribution in [1.82, 2.24) is 0 Å². The third kappa shape index (κ3) is 32.2. The van der Waals surface area contributed by atoms with Crippen molar-refractivity contribution in [2.75, 3.05) is 22.9 Å². The SMILES string of the molecule is CC(=[N-])CC(C)=N.CC(=[N-])CC(C)=N.Nc1c(Cl)cccc1Cl.Nc1c(Cl)cccc1Cl.Nc1c(Cl)cccc1Cl.Nc1c(Cl)cccc1Cl.[Cu+].[Cu+].c1ccccc1. The van der Waals surface area contributed by atoms with Gasteiger partial charge in [-0.2, -0.15) is 0 Å². The summed E-state index contributed by atoms with van der Waals surface area (Å²) in [5, 5.41) is 34.7. The number of nitrogens with zero attached hydrogens (tertiary/aromatic N) is 2. The molecule has 0 radical (unpaired) electrons. The minimum Gasteiger partial charge on any atom is -0.811 e. The van der Waals surface area contributed by atoms with Crippen LogP contribution in [0.25, 0.3) is 10.8 Å². The van der Waals surface area contributed by atoms with E-state index in [1.807, 2.05) is 36.4 Å². The van der Waals surface area contributed by atoms with Crippen LogP contribution in [0.5, 0.6) is 0 Å². The first-order chi connectivity index (χ1) is 26.1. The van der Waals surface area contributed by atoms with Crippen molar-refractivity contribution in [3.63, 3.8) is 0 Å². The summed E-state index contributed by atoms with van der Waals surface area (Å²) in [5.41, 5.74) is 25.1. The van der Waals surface area contributed by atoms with Crippen LogP contribution in [-0.4, -0.2) is 22.8 Å². The number of nitrogens with two attached hydrogens (primary N) is 4. The monoisotopic (exact) mass is 1040 g/mol. The molecule has 0 heterocycles. The van der Waals surface area contributed by atoms with Crippen LogP contribution in [0.1, 0.15) is 40.5 Å². The summed E-state index contributed by atoms with van der Waals surface area (Å²) in [4.78, 5) is 0. The third-order valence-electron chi connectivity index (χ3n) is 5.71. The van der Waals surface area contributed by atoms with E-state index in [1.165, 1.54) is 0 Å². The molecule has 0 aliphatic rings. The quantitative estimate of drug-likeness (QED) is 0.0592. The number of para-hydroxylation sites is 4. The van der Waals surface area contributed by atoms with E-state index in [9.17, 15) is 0 Å². The van der Waals surface area contributed by atoms with Crippen LogP contribution in [0, 0.1) is 10.8 Å². The van der Waals surface area contributed by atoms with Gasteiger partial charge in [0, 0.05) is 11.4 Å². The Kier molecular flexibility index (Phi) is 38.7. The van der Waals surface area contributed by atoms with E-state index < -0.39 is 0 Å². The molecule has 0 atom stereocenters. The van der Waals surface area contributed by atoms with Gasteiger partial charge in [0.15, 0.2) is 0 Å². The van der Waals surface area contributed by atoms with Crippen LogP contribution in [0.2, 0.25) is 40.2 Å². The van der Waals surface area contributed by atoms with Crippen LogP contribution in [0.4, 0.5) is 22.7 Å². The molecule has 5 aromatic carbocycles. The molecule has 0 aliphatic heterocycles. The maximum absolute atomic E-state index is 8.50. The Bertz CT molecular complexity index is 1620. The Morgan fingerprint density at radius 1 is 0.379 bits per heavy atom. The molecule has 0 saturated carbocycles. The van der Waals surface area contributed by atoms with Gasteiger partial charge in [-0.05, 0) is 75.2 Å². The summed E-state index contributed by atoms with van der Waals surface area (Å²) in [6.45, 7) is 6.52. The van der Waals surface area contributed by atoms with Crippen molar-refractivity contribution in [1.29, 1.82) is 10.8 Å². The molecule has 8 nitrogen and oxygen atoms in total. The number of nitrogen functional groups attached to an aromatic ring is 4.